The van der Waals surface area contributed by atoms with Crippen LogP contribution in [0.2, 0.25) is 0 Å². The molecule has 1 aliphatic rings. The van der Waals surface area contributed by atoms with Crippen molar-refractivity contribution in [3.8, 4) is 0 Å². The lowest BCUT2D eigenvalue weighted by Gasteiger charge is -2.31. The third kappa shape index (κ3) is 4.55. The summed E-state index contributed by atoms with van der Waals surface area (Å²) in [6, 6.07) is 7.33. The Kier molecular flexibility index (Phi) is 6.01. The number of aliphatic hydroxyl groups is 1. The molecular weight excluding hydrogens is 358 g/mol. The number of nitrogens with zero attached hydrogens (tertiary/aromatic N) is 1. The number of thiocarbonyl (C=S) groups is 1. The summed E-state index contributed by atoms with van der Waals surface area (Å²) in [6.45, 7) is 1.45. The van der Waals surface area contributed by atoms with E-state index in [1.54, 1.807) is 12.1 Å². The lowest BCUT2D eigenvalue weighted by Crippen LogP contribution is -2.40. The van der Waals surface area contributed by atoms with Crippen LogP contribution < -0.4 is 0 Å². The summed E-state index contributed by atoms with van der Waals surface area (Å²) in [5, 5.41) is 9.63. The summed E-state index contributed by atoms with van der Waals surface area (Å²) in [4.78, 5) is 14.0. The molecule has 2 rings (SSSR count). The van der Waals surface area contributed by atoms with Crippen molar-refractivity contribution in [2.75, 3.05) is 18.8 Å². The molecule has 3 nitrogen and oxygen atoms in total. The van der Waals surface area contributed by atoms with Gasteiger partial charge in [-0.1, -0.05) is 52.0 Å². The normalized spacial score (nSPS) is 18.9. The summed E-state index contributed by atoms with van der Waals surface area (Å²) in [7, 11) is 0. The largest absolute Gasteiger partial charge is 0.391 e. The van der Waals surface area contributed by atoms with Crippen LogP contribution in [-0.4, -0.2) is 45.1 Å². The predicted molar refractivity (Wildman–Crippen MR) is 90.3 cm³/mol. The van der Waals surface area contributed by atoms with Crippen molar-refractivity contribution in [3.05, 3.63) is 34.3 Å². The Balaban J connectivity index is 1.83. The number of β-amino-alcohol motifs (C(OH)–C–C–N with tert-alkyl or cyclic N) is 1. The van der Waals surface area contributed by atoms with Gasteiger partial charge in [0.25, 0.3) is 0 Å². The number of benzene rings is 1. The summed E-state index contributed by atoms with van der Waals surface area (Å²) in [6.07, 6.45) is 1.48. The summed E-state index contributed by atoms with van der Waals surface area (Å²) in [5.41, 5.74) is 0.696. The van der Waals surface area contributed by atoms with Gasteiger partial charge in [-0.2, -0.15) is 0 Å². The van der Waals surface area contributed by atoms with Gasteiger partial charge in [0.15, 0.2) is 5.78 Å². The van der Waals surface area contributed by atoms with Gasteiger partial charge in [-0.05, 0) is 25.0 Å². The molecule has 6 heteroatoms. The molecular formula is C14H16BrNO2S2. The average molecular weight is 374 g/mol. The van der Waals surface area contributed by atoms with Gasteiger partial charge in [-0.3, -0.25) is 4.79 Å². The Bertz CT molecular complexity index is 492. The van der Waals surface area contributed by atoms with Crippen molar-refractivity contribution in [2.45, 2.75) is 18.9 Å². The second-order valence-corrected chi connectivity index (χ2v) is 7.25. The number of carbonyl (C=O) groups is 1. The van der Waals surface area contributed by atoms with Crippen LogP contribution in [0.5, 0.6) is 0 Å². The summed E-state index contributed by atoms with van der Waals surface area (Å²) < 4.78 is 1.66. The maximum atomic E-state index is 12.0. The molecule has 1 aromatic carbocycles. The monoisotopic (exact) mass is 373 g/mol. The maximum absolute atomic E-state index is 12.0. The quantitative estimate of drug-likeness (QED) is 0.650. The first-order valence-corrected chi connectivity index (χ1v) is 8.63. The molecule has 1 N–H and O–H groups in total. The SMILES string of the molecule is O=C(CSC(=S)N1CCCC(O)C1)c1ccc(Br)cc1. The topological polar surface area (TPSA) is 40.5 Å². The van der Waals surface area contributed by atoms with Crippen LogP contribution in [0, 0.1) is 0 Å². The highest BCUT2D eigenvalue weighted by Gasteiger charge is 2.20. The van der Waals surface area contributed by atoms with Gasteiger partial charge in [0.2, 0.25) is 0 Å². The summed E-state index contributed by atoms with van der Waals surface area (Å²) >= 11 is 10.1. The molecule has 0 radical (unpaired) electrons. The summed E-state index contributed by atoms with van der Waals surface area (Å²) in [5.74, 6) is 0.412. The van der Waals surface area contributed by atoms with Crippen LogP contribution in [0.25, 0.3) is 0 Å². The number of carbonyl (C=O) groups excluding carboxylic acids is 1. The van der Waals surface area contributed by atoms with Crippen molar-refractivity contribution < 1.29 is 9.90 Å². The number of Topliss-reactive ketones (excluding diaryl/α,β-unsaturated/α-hetero) is 1. The third-order valence-corrected chi connectivity index (χ3v) is 5.20. The van der Waals surface area contributed by atoms with E-state index in [0.717, 1.165) is 23.9 Å². The van der Waals surface area contributed by atoms with E-state index in [4.69, 9.17) is 12.2 Å². The Morgan fingerprint density at radius 3 is 2.80 bits per heavy atom. The van der Waals surface area contributed by atoms with Gasteiger partial charge < -0.3 is 10.0 Å². The lowest BCUT2D eigenvalue weighted by atomic mass is 10.1. The molecule has 1 unspecified atom stereocenters. The average Bonchev–Trinajstić information content (AvgIpc) is 2.45. The Morgan fingerprint density at radius 2 is 2.15 bits per heavy atom. The minimum atomic E-state index is -0.301. The molecule has 0 aromatic heterocycles. The van der Waals surface area contributed by atoms with Crippen molar-refractivity contribution in [2.24, 2.45) is 0 Å². The van der Waals surface area contributed by atoms with Crippen LogP contribution in [-0.2, 0) is 0 Å². The number of ketones is 1. The predicted octanol–water partition coefficient (Wildman–Crippen LogP) is 3.11. The number of rotatable bonds is 3. The van der Waals surface area contributed by atoms with Crippen molar-refractivity contribution in [3.63, 3.8) is 0 Å². The molecule has 1 atom stereocenters. The molecule has 1 heterocycles. The van der Waals surface area contributed by atoms with E-state index in [1.807, 2.05) is 17.0 Å². The number of likely N-dealkylation sites (tertiary alicyclic amines) is 1. The second kappa shape index (κ2) is 7.54. The number of aliphatic hydroxyl groups excluding tert-OH is 1. The first kappa shape index (κ1) is 15.9. The lowest BCUT2D eigenvalue weighted by molar-refractivity contribution is 0.102. The first-order valence-electron chi connectivity index (χ1n) is 6.45. The van der Waals surface area contributed by atoms with Gasteiger partial charge in [0, 0.05) is 23.1 Å². The molecule has 1 aliphatic heterocycles. The maximum Gasteiger partial charge on any atom is 0.173 e. The third-order valence-electron chi connectivity index (χ3n) is 3.15. The van der Waals surface area contributed by atoms with Gasteiger partial charge in [0.05, 0.1) is 11.9 Å². The zero-order chi connectivity index (χ0) is 14.5. The Labute approximate surface area is 136 Å². The fourth-order valence-corrected chi connectivity index (χ4v) is 3.43. The van der Waals surface area contributed by atoms with E-state index in [0.29, 0.717) is 22.2 Å². The molecule has 1 fully saturated rings. The van der Waals surface area contributed by atoms with Crippen LogP contribution in [0.1, 0.15) is 23.2 Å². The molecule has 20 heavy (non-hydrogen) atoms. The molecule has 0 spiro atoms. The smallest absolute Gasteiger partial charge is 0.173 e. The van der Waals surface area contributed by atoms with Gasteiger partial charge >= 0.3 is 0 Å². The second-order valence-electron chi connectivity index (χ2n) is 4.73. The van der Waals surface area contributed by atoms with Crippen LogP contribution >= 0.6 is 39.9 Å². The van der Waals surface area contributed by atoms with Gasteiger partial charge in [-0.25, -0.2) is 0 Å². The number of thioether (sulfide) groups is 1. The zero-order valence-electron chi connectivity index (χ0n) is 10.9. The molecule has 108 valence electrons. The number of piperidine rings is 1. The molecule has 0 saturated carbocycles. The number of halogens is 1. The van der Waals surface area contributed by atoms with Crippen LogP contribution in [0.3, 0.4) is 0 Å². The van der Waals surface area contributed by atoms with Crippen LogP contribution in [0.4, 0.5) is 0 Å². The molecule has 1 saturated heterocycles. The minimum absolute atomic E-state index is 0.0717. The van der Waals surface area contributed by atoms with E-state index in [1.165, 1.54) is 11.8 Å². The van der Waals surface area contributed by atoms with E-state index < -0.39 is 0 Å². The standard InChI is InChI=1S/C14H16BrNO2S2/c15-11-5-3-10(4-6-11)13(18)9-20-14(19)16-7-1-2-12(17)8-16/h3-6,12,17H,1-2,7-9H2. The van der Waals surface area contributed by atoms with E-state index in [9.17, 15) is 9.90 Å². The van der Waals surface area contributed by atoms with E-state index in [2.05, 4.69) is 15.9 Å². The Hall–Kier alpha value is -0.430. The molecule has 0 bridgehead atoms. The zero-order valence-corrected chi connectivity index (χ0v) is 14.1. The molecule has 1 aromatic rings. The van der Waals surface area contributed by atoms with Crippen molar-refractivity contribution in [1.29, 1.82) is 0 Å². The van der Waals surface area contributed by atoms with E-state index in [-0.39, 0.29) is 11.9 Å². The minimum Gasteiger partial charge on any atom is -0.391 e. The van der Waals surface area contributed by atoms with Crippen molar-refractivity contribution in [1.82, 2.24) is 4.90 Å². The highest BCUT2D eigenvalue weighted by molar-refractivity contribution is 9.10. The number of hydrogen-bond acceptors (Lipinski definition) is 4. The van der Waals surface area contributed by atoms with Crippen LogP contribution in [0.15, 0.2) is 28.7 Å². The molecule has 0 amide bonds. The fraction of sp³-hybridized carbons (Fsp3) is 0.429. The number of hydrogen-bond donors (Lipinski definition) is 1. The molecule has 0 aliphatic carbocycles. The highest BCUT2D eigenvalue weighted by atomic mass is 79.9. The highest BCUT2D eigenvalue weighted by Crippen LogP contribution is 2.18. The van der Waals surface area contributed by atoms with Gasteiger partial charge in [0.1, 0.15) is 4.32 Å². The first-order chi connectivity index (χ1) is 9.56. The van der Waals surface area contributed by atoms with Gasteiger partial charge in [-0.15, -0.1) is 0 Å². The van der Waals surface area contributed by atoms with E-state index >= 15 is 0 Å². The van der Waals surface area contributed by atoms with Crippen molar-refractivity contribution >= 4 is 50.0 Å². The fourth-order valence-electron chi connectivity index (χ4n) is 2.06. The Morgan fingerprint density at radius 1 is 1.45 bits per heavy atom.